The maximum Gasteiger partial charge on any atom is 0.310 e. The molecule has 1 N–H and O–H groups in total. The van der Waals surface area contributed by atoms with Gasteiger partial charge in [-0.2, -0.15) is 0 Å². The number of aromatic amines is 1. The molecule has 1 aliphatic heterocycles. The number of methoxy groups -OCH3 is 1. The first-order valence-electron chi connectivity index (χ1n) is 13.8. The number of likely N-dealkylation sites (tertiary alicyclic amines) is 1. The molecule has 0 radical (unpaired) electrons. The summed E-state index contributed by atoms with van der Waals surface area (Å²) in [6.07, 6.45) is 5.82. The van der Waals surface area contributed by atoms with Crippen molar-refractivity contribution in [2.24, 2.45) is 5.92 Å². The summed E-state index contributed by atoms with van der Waals surface area (Å²) in [5.74, 6) is 0.533. The largest absolute Gasteiger partial charge is 0.497 e. The molecule has 0 spiro atoms. The SMILES string of the molecule is CCOC(=O)C1CCCN(C(=O)c2coc(CN(CCc3c[nH]c4ccccc34)Cc3ccc(OC)cc3)n2)C1. The maximum absolute atomic E-state index is 13.2. The van der Waals surface area contributed by atoms with E-state index in [4.69, 9.17) is 13.9 Å². The lowest BCUT2D eigenvalue weighted by atomic mass is 9.98. The standard InChI is InChI=1S/C31H36N4O5/c1-3-39-31(37)24-7-6-15-35(19-24)30(36)28-21-40-29(33-28)20-34(18-22-10-12-25(38-2)13-11-22)16-14-23-17-32-27-9-5-4-8-26(23)27/h4-5,8-13,17,21,24,32H,3,6-7,14-16,18-20H2,1-2H3. The van der Waals surface area contributed by atoms with Crippen LogP contribution in [0.3, 0.4) is 0 Å². The fraction of sp³-hybridized carbons (Fsp3) is 0.387. The molecule has 9 nitrogen and oxygen atoms in total. The number of esters is 1. The van der Waals surface area contributed by atoms with E-state index >= 15 is 0 Å². The van der Waals surface area contributed by atoms with E-state index in [2.05, 4.69) is 51.4 Å². The average molecular weight is 545 g/mol. The van der Waals surface area contributed by atoms with Gasteiger partial charge < -0.3 is 23.8 Å². The number of para-hydroxylation sites is 1. The zero-order valence-electron chi connectivity index (χ0n) is 23.1. The molecule has 1 aliphatic rings. The number of ether oxygens (including phenoxy) is 2. The summed E-state index contributed by atoms with van der Waals surface area (Å²) >= 11 is 0. The number of aromatic nitrogens is 2. The van der Waals surface area contributed by atoms with Crippen LogP contribution in [-0.4, -0.2) is 65.0 Å². The van der Waals surface area contributed by atoms with Gasteiger partial charge in [-0.1, -0.05) is 30.3 Å². The van der Waals surface area contributed by atoms with Gasteiger partial charge in [-0.3, -0.25) is 14.5 Å². The van der Waals surface area contributed by atoms with E-state index in [0.29, 0.717) is 38.7 Å². The van der Waals surface area contributed by atoms with Crippen LogP contribution in [0.5, 0.6) is 5.75 Å². The number of fused-ring (bicyclic) bond motifs is 1. The van der Waals surface area contributed by atoms with Gasteiger partial charge in [0.25, 0.3) is 5.91 Å². The van der Waals surface area contributed by atoms with Crippen LogP contribution in [0.1, 0.15) is 47.3 Å². The minimum absolute atomic E-state index is 0.218. The van der Waals surface area contributed by atoms with E-state index in [1.807, 2.05) is 18.2 Å². The van der Waals surface area contributed by atoms with E-state index < -0.39 is 0 Å². The summed E-state index contributed by atoms with van der Waals surface area (Å²) in [5.41, 5.74) is 3.78. The molecule has 3 heterocycles. The van der Waals surface area contributed by atoms with Crippen molar-refractivity contribution in [3.05, 3.63) is 83.7 Å². The number of carbonyl (C=O) groups is 2. The molecule has 210 valence electrons. The molecule has 40 heavy (non-hydrogen) atoms. The second-order valence-corrected chi connectivity index (χ2v) is 10.1. The highest BCUT2D eigenvalue weighted by atomic mass is 16.5. The van der Waals surface area contributed by atoms with Gasteiger partial charge in [-0.25, -0.2) is 4.98 Å². The summed E-state index contributed by atoms with van der Waals surface area (Å²) in [4.78, 5) is 37.3. The third-order valence-corrected chi connectivity index (χ3v) is 7.40. The molecule has 2 aromatic heterocycles. The fourth-order valence-corrected chi connectivity index (χ4v) is 5.27. The van der Waals surface area contributed by atoms with Crippen LogP contribution in [0.4, 0.5) is 0 Å². The molecule has 2 aromatic carbocycles. The van der Waals surface area contributed by atoms with Gasteiger partial charge in [0.05, 0.1) is 26.2 Å². The van der Waals surface area contributed by atoms with Crippen LogP contribution in [-0.2, 0) is 29.0 Å². The molecule has 0 aliphatic carbocycles. The Morgan fingerprint density at radius 2 is 1.98 bits per heavy atom. The Balaban J connectivity index is 1.28. The molecule has 0 saturated carbocycles. The van der Waals surface area contributed by atoms with Gasteiger partial charge in [0.2, 0.25) is 5.89 Å². The Hall–Kier alpha value is -4.11. The number of hydrogen-bond acceptors (Lipinski definition) is 7. The highest BCUT2D eigenvalue weighted by Crippen LogP contribution is 2.22. The lowest BCUT2D eigenvalue weighted by molar-refractivity contribution is -0.149. The van der Waals surface area contributed by atoms with Gasteiger partial charge in [-0.05, 0) is 55.5 Å². The first kappa shape index (κ1) is 27.5. The van der Waals surface area contributed by atoms with Crippen LogP contribution in [0.2, 0.25) is 0 Å². The molecule has 1 fully saturated rings. The molecular formula is C31H36N4O5. The summed E-state index contributed by atoms with van der Waals surface area (Å²) in [5, 5.41) is 1.22. The third-order valence-electron chi connectivity index (χ3n) is 7.40. The van der Waals surface area contributed by atoms with Crippen LogP contribution in [0.15, 0.2) is 65.4 Å². The number of benzene rings is 2. The van der Waals surface area contributed by atoms with Gasteiger partial charge in [0, 0.05) is 43.3 Å². The molecule has 4 aromatic rings. The van der Waals surface area contributed by atoms with Gasteiger partial charge in [0.15, 0.2) is 5.69 Å². The van der Waals surface area contributed by atoms with Crippen LogP contribution in [0, 0.1) is 5.92 Å². The number of oxazole rings is 1. The molecule has 5 rings (SSSR count). The van der Waals surface area contributed by atoms with Crippen molar-refractivity contribution in [3.63, 3.8) is 0 Å². The van der Waals surface area contributed by atoms with Crippen LogP contribution in [0.25, 0.3) is 10.9 Å². The molecular weight excluding hydrogens is 508 g/mol. The predicted molar refractivity (Wildman–Crippen MR) is 151 cm³/mol. The van der Waals surface area contributed by atoms with Crippen molar-refractivity contribution in [3.8, 4) is 5.75 Å². The normalized spacial score (nSPS) is 15.5. The summed E-state index contributed by atoms with van der Waals surface area (Å²) < 4.78 is 16.3. The van der Waals surface area contributed by atoms with Crippen molar-refractivity contribution in [1.29, 1.82) is 0 Å². The first-order valence-corrected chi connectivity index (χ1v) is 13.8. The van der Waals surface area contributed by atoms with Gasteiger partial charge >= 0.3 is 5.97 Å². The van der Waals surface area contributed by atoms with Crippen LogP contribution < -0.4 is 4.74 Å². The van der Waals surface area contributed by atoms with Gasteiger partial charge in [-0.15, -0.1) is 0 Å². The minimum atomic E-state index is -0.298. The molecule has 0 bridgehead atoms. The van der Waals surface area contributed by atoms with Crippen molar-refractivity contribution in [2.75, 3.05) is 33.4 Å². The number of nitrogens with one attached hydrogen (secondary N) is 1. The van der Waals surface area contributed by atoms with Crippen molar-refractivity contribution in [1.82, 2.24) is 19.8 Å². The Labute approximate surface area is 234 Å². The fourth-order valence-electron chi connectivity index (χ4n) is 5.27. The van der Waals surface area contributed by atoms with E-state index in [0.717, 1.165) is 42.6 Å². The number of carbonyl (C=O) groups excluding carboxylic acids is 2. The monoisotopic (exact) mass is 544 g/mol. The number of piperidine rings is 1. The molecule has 1 amide bonds. The Bertz CT molecular complexity index is 1430. The molecule has 9 heteroatoms. The number of hydrogen-bond donors (Lipinski definition) is 1. The van der Waals surface area contributed by atoms with Crippen molar-refractivity contribution >= 4 is 22.8 Å². The van der Waals surface area contributed by atoms with Gasteiger partial charge in [0.1, 0.15) is 12.0 Å². The average Bonchev–Trinajstić information content (AvgIpc) is 3.63. The van der Waals surface area contributed by atoms with E-state index in [1.54, 1.807) is 18.9 Å². The second kappa shape index (κ2) is 12.8. The maximum atomic E-state index is 13.2. The highest BCUT2D eigenvalue weighted by molar-refractivity contribution is 5.92. The van der Waals surface area contributed by atoms with Crippen molar-refractivity contribution in [2.45, 2.75) is 39.3 Å². The quantitative estimate of drug-likeness (QED) is 0.270. The first-order chi connectivity index (χ1) is 19.5. The van der Waals surface area contributed by atoms with E-state index in [9.17, 15) is 9.59 Å². The Morgan fingerprint density at radius 3 is 2.77 bits per heavy atom. The lowest BCUT2D eigenvalue weighted by Gasteiger charge is -2.30. The second-order valence-electron chi connectivity index (χ2n) is 10.1. The third kappa shape index (κ3) is 6.54. The van der Waals surface area contributed by atoms with Crippen LogP contribution >= 0.6 is 0 Å². The number of rotatable bonds is 11. The van der Waals surface area contributed by atoms with E-state index in [-0.39, 0.29) is 23.5 Å². The zero-order valence-corrected chi connectivity index (χ0v) is 23.1. The number of amides is 1. The van der Waals surface area contributed by atoms with E-state index in [1.165, 1.54) is 17.2 Å². The summed E-state index contributed by atoms with van der Waals surface area (Å²) in [6, 6.07) is 16.3. The topological polar surface area (TPSA) is 101 Å². The summed E-state index contributed by atoms with van der Waals surface area (Å²) in [6.45, 7) is 4.97. The zero-order chi connectivity index (χ0) is 27.9. The number of nitrogens with zero attached hydrogens (tertiary/aromatic N) is 3. The summed E-state index contributed by atoms with van der Waals surface area (Å²) in [7, 11) is 1.66. The number of H-pyrrole nitrogens is 1. The highest BCUT2D eigenvalue weighted by Gasteiger charge is 2.31. The molecule has 1 saturated heterocycles. The Morgan fingerprint density at radius 1 is 1.15 bits per heavy atom. The van der Waals surface area contributed by atoms with Crippen molar-refractivity contribution < 1.29 is 23.5 Å². The lowest BCUT2D eigenvalue weighted by Crippen LogP contribution is -2.43. The minimum Gasteiger partial charge on any atom is -0.497 e. The molecule has 1 unspecified atom stereocenters. The molecule has 1 atom stereocenters. The Kier molecular flexibility index (Phi) is 8.81. The predicted octanol–water partition coefficient (Wildman–Crippen LogP) is 4.82. The smallest absolute Gasteiger partial charge is 0.310 e.